The molecule has 0 bridgehead atoms. The molecule has 1 aliphatic heterocycles. The number of nitrogens with zero attached hydrogens (tertiary/aromatic N) is 1. The predicted octanol–water partition coefficient (Wildman–Crippen LogP) is 3.08. The van der Waals surface area contributed by atoms with Gasteiger partial charge in [0.15, 0.2) is 0 Å². The SMILES string of the molecule is CC1C=CC(Br)N(C)C(Br)=C1. The lowest BCUT2D eigenvalue weighted by Crippen LogP contribution is -2.20. The van der Waals surface area contributed by atoms with Gasteiger partial charge < -0.3 is 4.90 Å². The first-order chi connectivity index (χ1) is 5.11. The number of allylic oxidation sites excluding steroid dienone is 2. The maximum Gasteiger partial charge on any atom is 0.103 e. The van der Waals surface area contributed by atoms with Crippen LogP contribution >= 0.6 is 31.9 Å². The highest BCUT2D eigenvalue weighted by atomic mass is 79.9. The number of hydrogen-bond donors (Lipinski definition) is 0. The largest absolute Gasteiger partial charge is 0.353 e. The van der Waals surface area contributed by atoms with E-state index in [-0.39, 0.29) is 0 Å². The Morgan fingerprint density at radius 1 is 1.45 bits per heavy atom. The van der Waals surface area contributed by atoms with Crippen LogP contribution in [0.15, 0.2) is 22.8 Å². The van der Waals surface area contributed by atoms with Crippen LogP contribution in [0.1, 0.15) is 6.92 Å². The van der Waals surface area contributed by atoms with Gasteiger partial charge in [-0.3, -0.25) is 0 Å². The van der Waals surface area contributed by atoms with E-state index in [4.69, 9.17) is 0 Å². The molecule has 0 radical (unpaired) electrons. The molecule has 0 aromatic rings. The molecule has 0 amide bonds. The molecule has 0 aromatic carbocycles. The Bertz CT molecular complexity index is 198. The minimum Gasteiger partial charge on any atom is -0.353 e. The molecule has 0 aromatic heterocycles. The molecule has 0 saturated carbocycles. The van der Waals surface area contributed by atoms with E-state index < -0.39 is 0 Å². The molecule has 2 atom stereocenters. The number of likely N-dealkylation sites (N-methyl/N-ethyl adjacent to an activating group) is 1. The summed E-state index contributed by atoms with van der Waals surface area (Å²) >= 11 is 7.04. The quantitative estimate of drug-likeness (QED) is 0.374. The molecule has 0 fully saturated rings. The summed E-state index contributed by atoms with van der Waals surface area (Å²) in [5.41, 5.74) is 0. The fourth-order valence-corrected chi connectivity index (χ4v) is 2.21. The molecular weight excluding hydrogens is 270 g/mol. The van der Waals surface area contributed by atoms with Crippen LogP contribution in [-0.4, -0.2) is 16.9 Å². The van der Waals surface area contributed by atoms with Crippen LogP contribution in [0.4, 0.5) is 0 Å². The van der Waals surface area contributed by atoms with E-state index in [9.17, 15) is 0 Å². The van der Waals surface area contributed by atoms with Crippen LogP contribution in [0.2, 0.25) is 0 Å². The van der Waals surface area contributed by atoms with Gasteiger partial charge in [-0.25, -0.2) is 0 Å². The average molecular weight is 281 g/mol. The van der Waals surface area contributed by atoms with E-state index in [1.165, 1.54) is 0 Å². The van der Waals surface area contributed by atoms with Gasteiger partial charge in [-0.05, 0) is 27.9 Å². The summed E-state index contributed by atoms with van der Waals surface area (Å²) in [6, 6.07) is 0. The summed E-state index contributed by atoms with van der Waals surface area (Å²) in [7, 11) is 2.04. The monoisotopic (exact) mass is 279 g/mol. The van der Waals surface area contributed by atoms with Gasteiger partial charge in [0, 0.05) is 7.05 Å². The van der Waals surface area contributed by atoms with Gasteiger partial charge in [-0.2, -0.15) is 0 Å². The molecule has 0 spiro atoms. The van der Waals surface area contributed by atoms with Crippen LogP contribution in [-0.2, 0) is 0 Å². The van der Waals surface area contributed by atoms with E-state index in [2.05, 4.69) is 61.9 Å². The predicted molar refractivity (Wildman–Crippen MR) is 55.8 cm³/mol. The van der Waals surface area contributed by atoms with Gasteiger partial charge >= 0.3 is 0 Å². The van der Waals surface area contributed by atoms with Crippen LogP contribution in [0.25, 0.3) is 0 Å². The Morgan fingerprint density at radius 3 is 2.73 bits per heavy atom. The summed E-state index contributed by atoms with van der Waals surface area (Å²) < 4.78 is 1.14. The van der Waals surface area contributed by atoms with Crippen molar-refractivity contribution >= 4 is 31.9 Å². The highest BCUT2D eigenvalue weighted by Gasteiger charge is 2.12. The van der Waals surface area contributed by atoms with Crippen molar-refractivity contribution in [3.05, 3.63) is 22.8 Å². The van der Waals surface area contributed by atoms with E-state index in [0.717, 1.165) is 4.61 Å². The Morgan fingerprint density at radius 2 is 2.09 bits per heavy atom. The third kappa shape index (κ3) is 2.34. The van der Waals surface area contributed by atoms with Gasteiger partial charge in [0.25, 0.3) is 0 Å². The Labute approximate surface area is 84.4 Å². The Balaban J connectivity index is 2.84. The molecule has 11 heavy (non-hydrogen) atoms. The lowest BCUT2D eigenvalue weighted by molar-refractivity contribution is 0.477. The minimum absolute atomic E-state index is 0.304. The molecule has 0 saturated heterocycles. The lowest BCUT2D eigenvalue weighted by Gasteiger charge is -2.20. The zero-order valence-corrected chi connectivity index (χ0v) is 9.76. The molecular formula is C8H11Br2N. The van der Waals surface area contributed by atoms with E-state index in [1.54, 1.807) is 0 Å². The van der Waals surface area contributed by atoms with Crippen molar-refractivity contribution in [2.45, 2.75) is 11.9 Å². The van der Waals surface area contributed by atoms with Crippen LogP contribution in [0, 0.1) is 5.92 Å². The summed E-state index contributed by atoms with van der Waals surface area (Å²) in [6.45, 7) is 2.16. The first-order valence-electron chi connectivity index (χ1n) is 3.54. The Hall–Kier alpha value is 0.240. The second-order valence-corrected chi connectivity index (χ2v) is 4.47. The van der Waals surface area contributed by atoms with Crippen molar-refractivity contribution in [3.63, 3.8) is 0 Å². The van der Waals surface area contributed by atoms with E-state index in [1.807, 2.05) is 7.05 Å². The molecule has 0 aliphatic carbocycles. The highest BCUT2D eigenvalue weighted by molar-refractivity contribution is 9.11. The zero-order chi connectivity index (χ0) is 8.43. The van der Waals surface area contributed by atoms with Crippen molar-refractivity contribution in [2.75, 3.05) is 7.05 Å². The van der Waals surface area contributed by atoms with Crippen LogP contribution < -0.4 is 0 Å². The van der Waals surface area contributed by atoms with Crippen molar-refractivity contribution in [1.29, 1.82) is 0 Å². The molecule has 1 aliphatic rings. The molecule has 1 heterocycles. The average Bonchev–Trinajstić information content (AvgIpc) is 2.05. The van der Waals surface area contributed by atoms with Gasteiger partial charge in [0.2, 0.25) is 0 Å². The summed E-state index contributed by atoms with van der Waals surface area (Å²) in [5, 5.41) is 0. The van der Waals surface area contributed by atoms with Crippen LogP contribution in [0.3, 0.4) is 0 Å². The second kappa shape index (κ2) is 3.76. The van der Waals surface area contributed by atoms with Gasteiger partial charge in [-0.1, -0.05) is 35.0 Å². The molecule has 62 valence electrons. The third-order valence-electron chi connectivity index (χ3n) is 1.68. The van der Waals surface area contributed by atoms with Crippen LogP contribution in [0.5, 0.6) is 0 Å². The molecule has 0 N–H and O–H groups in total. The van der Waals surface area contributed by atoms with E-state index >= 15 is 0 Å². The number of rotatable bonds is 0. The van der Waals surface area contributed by atoms with Crippen molar-refractivity contribution in [3.8, 4) is 0 Å². The second-order valence-electron chi connectivity index (χ2n) is 2.72. The smallest absolute Gasteiger partial charge is 0.103 e. The number of hydrogen-bond acceptors (Lipinski definition) is 1. The standard InChI is InChI=1S/C8H11Br2N/c1-6-3-4-7(9)11(2)8(10)5-6/h3-7H,1-2H3. The zero-order valence-electron chi connectivity index (χ0n) is 6.59. The molecule has 2 unspecified atom stereocenters. The number of alkyl halides is 1. The summed E-state index contributed by atoms with van der Waals surface area (Å²) in [4.78, 5) is 2.43. The summed E-state index contributed by atoms with van der Waals surface area (Å²) in [6.07, 6.45) is 6.51. The highest BCUT2D eigenvalue weighted by Crippen LogP contribution is 2.23. The van der Waals surface area contributed by atoms with Gasteiger partial charge in [0.1, 0.15) is 4.95 Å². The number of halogens is 2. The van der Waals surface area contributed by atoms with Gasteiger partial charge in [-0.15, -0.1) is 0 Å². The minimum atomic E-state index is 0.304. The van der Waals surface area contributed by atoms with E-state index in [0.29, 0.717) is 10.9 Å². The fraction of sp³-hybridized carbons (Fsp3) is 0.500. The normalized spacial score (nSPS) is 31.6. The molecule has 1 nitrogen and oxygen atoms in total. The fourth-order valence-electron chi connectivity index (χ4n) is 0.904. The Kier molecular flexibility index (Phi) is 3.19. The molecule has 3 heteroatoms. The first-order valence-corrected chi connectivity index (χ1v) is 5.24. The third-order valence-corrected chi connectivity index (χ3v) is 3.42. The van der Waals surface area contributed by atoms with Crippen molar-refractivity contribution < 1.29 is 0 Å². The summed E-state index contributed by atoms with van der Waals surface area (Å²) in [5.74, 6) is 0.509. The topological polar surface area (TPSA) is 3.24 Å². The maximum atomic E-state index is 3.54. The first kappa shape index (κ1) is 9.33. The molecule has 1 rings (SSSR count). The van der Waals surface area contributed by atoms with Crippen molar-refractivity contribution in [2.24, 2.45) is 5.92 Å². The maximum absolute atomic E-state index is 3.54. The van der Waals surface area contributed by atoms with Gasteiger partial charge in [0.05, 0.1) is 4.61 Å². The lowest BCUT2D eigenvalue weighted by atomic mass is 10.2. The van der Waals surface area contributed by atoms with Crippen molar-refractivity contribution in [1.82, 2.24) is 4.90 Å².